The van der Waals surface area contributed by atoms with Gasteiger partial charge in [-0.25, -0.2) is 4.99 Å². The number of hydrogen-bond acceptors (Lipinski definition) is 4. The average molecular weight is 269 g/mol. The molecule has 0 radical (unpaired) electrons. The highest BCUT2D eigenvalue weighted by molar-refractivity contribution is 6.04. The largest absolute Gasteiger partial charge is 0.466 e. The van der Waals surface area contributed by atoms with Gasteiger partial charge in [0.05, 0.1) is 5.56 Å². The lowest BCUT2D eigenvalue weighted by molar-refractivity contribution is 0.114. The predicted molar refractivity (Wildman–Crippen MR) is 78.2 cm³/mol. The van der Waals surface area contributed by atoms with Gasteiger partial charge in [-0.15, -0.1) is 0 Å². The van der Waals surface area contributed by atoms with Gasteiger partial charge in [0.25, 0.3) is 5.56 Å². The Kier molecular flexibility index (Phi) is 2.64. The molecule has 5 heteroatoms. The van der Waals surface area contributed by atoms with Gasteiger partial charge in [-0.3, -0.25) is 9.36 Å². The van der Waals surface area contributed by atoms with Gasteiger partial charge in [0.1, 0.15) is 11.6 Å². The maximum absolute atomic E-state index is 12.0. The Balaban J connectivity index is 2.28. The molecule has 0 saturated heterocycles. The van der Waals surface area contributed by atoms with Crippen LogP contribution in [0.1, 0.15) is 19.4 Å². The van der Waals surface area contributed by atoms with Crippen LogP contribution in [-0.2, 0) is 0 Å². The summed E-state index contributed by atoms with van der Waals surface area (Å²) in [5.74, 6) is 1.22. The highest BCUT2D eigenvalue weighted by atomic mass is 16.5. The van der Waals surface area contributed by atoms with Crippen LogP contribution >= 0.6 is 0 Å². The summed E-state index contributed by atoms with van der Waals surface area (Å²) >= 11 is 0. The van der Waals surface area contributed by atoms with Crippen molar-refractivity contribution in [1.29, 1.82) is 0 Å². The monoisotopic (exact) mass is 269 g/mol. The van der Waals surface area contributed by atoms with Crippen LogP contribution in [0.5, 0.6) is 5.75 Å². The Morgan fingerprint density at radius 1 is 1.25 bits per heavy atom. The molecule has 0 atom stereocenters. The van der Waals surface area contributed by atoms with Crippen LogP contribution in [0.2, 0.25) is 0 Å². The Labute approximate surface area is 116 Å². The number of nitrogen functional groups attached to an aromatic ring is 1. The van der Waals surface area contributed by atoms with Crippen LogP contribution in [0.3, 0.4) is 0 Å². The van der Waals surface area contributed by atoms with Crippen LogP contribution in [0.4, 0.5) is 5.69 Å². The van der Waals surface area contributed by atoms with Crippen molar-refractivity contribution in [3.8, 4) is 5.75 Å². The summed E-state index contributed by atoms with van der Waals surface area (Å²) in [6.07, 6.45) is 1.69. The first-order valence-corrected chi connectivity index (χ1v) is 6.33. The van der Waals surface area contributed by atoms with Gasteiger partial charge in [-0.1, -0.05) is 6.07 Å². The van der Waals surface area contributed by atoms with Gasteiger partial charge in [-0.2, -0.15) is 0 Å². The van der Waals surface area contributed by atoms with Crippen molar-refractivity contribution in [3.05, 3.63) is 58.5 Å². The van der Waals surface area contributed by atoms with Gasteiger partial charge in [0, 0.05) is 18.0 Å². The summed E-state index contributed by atoms with van der Waals surface area (Å²) in [6, 6.07) is 10.3. The molecular formula is C15H15N3O2. The lowest BCUT2D eigenvalue weighted by atomic mass is 10.1. The smallest absolute Gasteiger partial charge is 0.256 e. The number of pyridine rings is 1. The third kappa shape index (κ3) is 2.07. The van der Waals surface area contributed by atoms with Gasteiger partial charge >= 0.3 is 0 Å². The van der Waals surface area contributed by atoms with Crippen molar-refractivity contribution in [2.75, 3.05) is 5.73 Å². The number of anilines is 1. The van der Waals surface area contributed by atoms with Crippen LogP contribution in [-0.4, -0.2) is 16.1 Å². The average Bonchev–Trinajstić information content (AvgIpc) is 2.38. The van der Waals surface area contributed by atoms with Crippen LogP contribution in [0.15, 0.2) is 52.4 Å². The summed E-state index contributed by atoms with van der Waals surface area (Å²) in [5, 5.41) is 0. The third-order valence-electron chi connectivity index (χ3n) is 3.03. The van der Waals surface area contributed by atoms with Crippen LogP contribution in [0.25, 0.3) is 0 Å². The number of aliphatic imine (C=N–C) groups is 1. The van der Waals surface area contributed by atoms with E-state index in [1.54, 1.807) is 36.5 Å². The van der Waals surface area contributed by atoms with Gasteiger partial charge in [0.2, 0.25) is 0 Å². The number of nitrogens with zero attached hydrogens (tertiary/aromatic N) is 2. The Hall–Kier alpha value is -2.56. The summed E-state index contributed by atoms with van der Waals surface area (Å²) < 4.78 is 7.31. The van der Waals surface area contributed by atoms with Crippen molar-refractivity contribution < 1.29 is 4.74 Å². The molecule has 102 valence electrons. The molecule has 0 fully saturated rings. The molecule has 1 aromatic heterocycles. The van der Waals surface area contributed by atoms with E-state index in [1.165, 1.54) is 10.6 Å². The molecule has 2 heterocycles. The van der Waals surface area contributed by atoms with E-state index in [0.29, 0.717) is 17.3 Å². The number of aromatic nitrogens is 1. The number of rotatable bonds is 0. The molecule has 2 N–H and O–H groups in total. The highest BCUT2D eigenvalue weighted by Gasteiger charge is 2.29. The van der Waals surface area contributed by atoms with E-state index in [1.807, 2.05) is 13.8 Å². The minimum absolute atomic E-state index is 0.141. The van der Waals surface area contributed by atoms with Crippen molar-refractivity contribution in [3.63, 3.8) is 0 Å². The zero-order chi connectivity index (χ0) is 14.3. The molecule has 3 rings (SSSR count). The normalized spacial score (nSPS) is 16.0. The Morgan fingerprint density at radius 3 is 2.80 bits per heavy atom. The van der Waals surface area contributed by atoms with Gasteiger partial charge < -0.3 is 10.5 Å². The molecule has 1 aliphatic rings. The molecule has 0 spiro atoms. The van der Waals surface area contributed by atoms with Crippen molar-refractivity contribution in [1.82, 2.24) is 4.57 Å². The predicted octanol–water partition coefficient (Wildman–Crippen LogP) is 1.85. The molecular weight excluding hydrogens is 254 g/mol. The third-order valence-corrected chi connectivity index (χ3v) is 3.03. The summed E-state index contributed by atoms with van der Waals surface area (Å²) in [7, 11) is 0. The second-order valence-electron chi connectivity index (χ2n) is 5.15. The van der Waals surface area contributed by atoms with Gasteiger partial charge in [-0.05, 0) is 38.1 Å². The molecule has 20 heavy (non-hydrogen) atoms. The van der Waals surface area contributed by atoms with E-state index in [4.69, 9.17) is 10.5 Å². The van der Waals surface area contributed by atoms with Crippen molar-refractivity contribution in [2.45, 2.75) is 19.6 Å². The molecule has 2 aromatic rings. The standard InChI is InChI=1S/C15H15N3O2/c1-15(2)17-14(18-8-4-3-5-13(18)19)11-9-10(16)6-7-12(11)20-15/h3-9H,16H2,1-2H3. The summed E-state index contributed by atoms with van der Waals surface area (Å²) in [5.41, 5.74) is 6.28. The quantitative estimate of drug-likeness (QED) is 0.742. The van der Waals surface area contributed by atoms with Crippen LogP contribution < -0.4 is 16.0 Å². The second kappa shape index (κ2) is 4.23. The second-order valence-corrected chi connectivity index (χ2v) is 5.15. The SMILES string of the molecule is CC1(C)N=C(n2ccccc2=O)c2cc(N)ccc2O1. The number of fused-ring (bicyclic) bond motifs is 1. The Morgan fingerprint density at radius 2 is 2.05 bits per heavy atom. The van der Waals surface area contributed by atoms with E-state index in [9.17, 15) is 4.79 Å². The highest BCUT2D eigenvalue weighted by Crippen LogP contribution is 2.31. The molecule has 0 unspecified atom stereocenters. The van der Waals surface area contributed by atoms with E-state index in [-0.39, 0.29) is 5.56 Å². The fraction of sp³-hybridized carbons (Fsp3) is 0.200. The zero-order valence-electron chi connectivity index (χ0n) is 11.3. The summed E-state index contributed by atoms with van der Waals surface area (Å²) in [4.78, 5) is 16.6. The first-order valence-electron chi connectivity index (χ1n) is 6.33. The van der Waals surface area contributed by atoms with Crippen LogP contribution in [0, 0.1) is 0 Å². The molecule has 0 bridgehead atoms. The maximum atomic E-state index is 12.0. The fourth-order valence-electron chi connectivity index (χ4n) is 2.20. The molecule has 0 saturated carbocycles. The lowest BCUT2D eigenvalue weighted by Gasteiger charge is -2.30. The number of nitrogens with two attached hydrogens (primary N) is 1. The molecule has 0 aliphatic carbocycles. The minimum Gasteiger partial charge on any atom is -0.466 e. The fourth-order valence-corrected chi connectivity index (χ4v) is 2.20. The van der Waals surface area contributed by atoms with Crippen molar-refractivity contribution in [2.24, 2.45) is 4.99 Å². The maximum Gasteiger partial charge on any atom is 0.256 e. The van der Waals surface area contributed by atoms with E-state index in [0.717, 1.165) is 5.56 Å². The first-order chi connectivity index (χ1) is 9.46. The molecule has 1 aromatic carbocycles. The molecule has 1 aliphatic heterocycles. The zero-order valence-corrected chi connectivity index (χ0v) is 11.3. The topological polar surface area (TPSA) is 69.6 Å². The molecule has 0 amide bonds. The molecule has 5 nitrogen and oxygen atoms in total. The van der Waals surface area contributed by atoms with Crippen molar-refractivity contribution >= 4 is 11.5 Å². The number of ether oxygens (including phenoxy) is 1. The van der Waals surface area contributed by atoms with E-state index in [2.05, 4.69) is 4.99 Å². The lowest BCUT2D eigenvalue weighted by Crippen LogP contribution is -2.37. The summed E-state index contributed by atoms with van der Waals surface area (Å²) in [6.45, 7) is 3.69. The minimum atomic E-state index is -0.728. The van der Waals surface area contributed by atoms with Gasteiger partial charge in [0.15, 0.2) is 5.72 Å². The number of benzene rings is 1. The van der Waals surface area contributed by atoms with E-state index >= 15 is 0 Å². The first kappa shape index (κ1) is 12.5. The Bertz CT molecular complexity index is 760. The van der Waals surface area contributed by atoms with E-state index < -0.39 is 5.72 Å². The number of hydrogen-bond donors (Lipinski definition) is 1.